The Labute approximate surface area is 136 Å². The van der Waals surface area contributed by atoms with Crippen LogP contribution in [-0.4, -0.2) is 48.1 Å². The van der Waals surface area contributed by atoms with Crippen molar-refractivity contribution in [1.82, 2.24) is 10.2 Å². The molecule has 1 heterocycles. The van der Waals surface area contributed by atoms with Crippen molar-refractivity contribution in [2.75, 3.05) is 13.1 Å². The van der Waals surface area contributed by atoms with Gasteiger partial charge in [-0.3, -0.25) is 9.59 Å². The number of hydrogen-bond donors (Lipinski definition) is 1. The lowest BCUT2D eigenvalue weighted by molar-refractivity contribution is -0.159. The maximum atomic E-state index is 12.4. The van der Waals surface area contributed by atoms with Gasteiger partial charge in [0, 0.05) is 24.6 Å². The van der Waals surface area contributed by atoms with Crippen LogP contribution >= 0.6 is 0 Å². The topological polar surface area (TPSA) is 58.6 Å². The summed E-state index contributed by atoms with van der Waals surface area (Å²) in [7, 11) is 0. The fraction of sp³-hybridized carbons (Fsp3) is 0.500. The van der Waals surface area contributed by atoms with Crippen LogP contribution in [0.5, 0.6) is 5.75 Å². The summed E-state index contributed by atoms with van der Waals surface area (Å²) in [6.45, 7) is -1.24. The van der Waals surface area contributed by atoms with E-state index in [-0.39, 0.29) is 24.9 Å². The number of amides is 2. The summed E-state index contributed by atoms with van der Waals surface area (Å²) in [4.78, 5) is 24.5. The minimum absolute atomic E-state index is 0.0187. The summed E-state index contributed by atoms with van der Waals surface area (Å²) in [6.07, 6.45) is -3.14. The first-order valence-electron chi connectivity index (χ1n) is 7.75. The summed E-state index contributed by atoms with van der Waals surface area (Å²) in [5, 5.41) is 2.85. The molecule has 24 heavy (non-hydrogen) atoms. The van der Waals surface area contributed by atoms with Gasteiger partial charge in [0.25, 0.3) is 11.8 Å². The van der Waals surface area contributed by atoms with Crippen molar-refractivity contribution in [3.8, 4) is 5.75 Å². The Morgan fingerprint density at radius 2 is 1.88 bits per heavy atom. The van der Waals surface area contributed by atoms with Gasteiger partial charge in [-0.2, -0.15) is 13.2 Å². The third-order valence-electron chi connectivity index (χ3n) is 3.93. The predicted molar refractivity (Wildman–Crippen MR) is 78.6 cm³/mol. The number of rotatable bonds is 5. The third kappa shape index (κ3) is 4.18. The van der Waals surface area contributed by atoms with E-state index in [0.717, 1.165) is 17.7 Å². The van der Waals surface area contributed by atoms with Crippen LogP contribution in [0, 0.1) is 0 Å². The molecule has 1 N–H and O–H groups in total. The molecule has 1 aliphatic carbocycles. The average molecular weight is 342 g/mol. The van der Waals surface area contributed by atoms with E-state index in [1.807, 2.05) is 0 Å². The van der Waals surface area contributed by atoms with Crippen molar-refractivity contribution in [2.24, 2.45) is 0 Å². The van der Waals surface area contributed by atoms with E-state index < -0.39 is 24.7 Å². The molecule has 1 saturated carbocycles. The van der Waals surface area contributed by atoms with E-state index in [2.05, 4.69) is 5.32 Å². The number of nitrogens with one attached hydrogen (secondary N) is 1. The molecule has 2 aliphatic rings. The molecule has 8 heteroatoms. The van der Waals surface area contributed by atoms with Crippen LogP contribution in [0.4, 0.5) is 13.2 Å². The molecule has 0 radical (unpaired) electrons. The van der Waals surface area contributed by atoms with Gasteiger partial charge < -0.3 is 15.0 Å². The maximum absolute atomic E-state index is 12.4. The Kier molecular flexibility index (Phi) is 4.38. The summed E-state index contributed by atoms with van der Waals surface area (Å²) >= 11 is 0. The maximum Gasteiger partial charge on any atom is 0.406 e. The molecule has 2 fully saturated rings. The summed E-state index contributed by atoms with van der Waals surface area (Å²) in [5.41, 5.74) is 0.477. The van der Waals surface area contributed by atoms with E-state index in [0.29, 0.717) is 11.3 Å². The Balaban J connectivity index is 1.56. The van der Waals surface area contributed by atoms with Gasteiger partial charge in [0.15, 0.2) is 6.10 Å². The van der Waals surface area contributed by atoms with Crippen LogP contribution in [0.3, 0.4) is 0 Å². The number of hydrogen-bond acceptors (Lipinski definition) is 3. The molecular weight excluding hydrogens is 325 g/mol. The molecule has 1 aliphatic heterocycles. The molecule has 130 valence electrons. The summed E-state index contributed by atoms with van der Waals surface area (Å²) in [6, 6.07) is 6.48. The largest absolute Gasteiger partial charge is 0.481 e. The number of carbonyl (C=O) groups is 2. The van der Waals surface area contributed by atoms with Gasteiger partial charge in [-0.15, -0.1) is 0 Å². The highest BCUT2D eigenvalue weighted by Gasteiger charge is 2.40. The molecule has 2 amide bonds. The molecule has 1 aromatic carbocycles. The van der Waals surface area contributed by atoms with Crippen LogP contribution in [0.1, 0.15) is 29.6 Å². The summed E-state index contributed by atoms with van der Waals surface area (Å²) < 4.78 is 42.6. The average Bonchev–Trinajstić information content (AvgIpc) is 3.27. The normalized spacial score (nSPS) is 21.0. The Hall–Kier alpha value is -2.25. The monoisotopic (exact) mass is 342 g/mol. The lowest BCUT2D eigenvalue weighted by Crippen LogP contribution is -2.38. The highest BCUT2D eigenvalue weighted by atomic mass is 19.4. The smallest absolute Gasteiger partial charge is 0.406 e. The predicted octanol–water partition coefficient (Wildman–Crippen LogP) is 2.12. The number of halogens is 3. The van der Waals surface area contributed by atoms with E-state index in [1.165, 1.54) is 0 Å². The molecule has 1 saturated heterocycles. The van der Waals surface area contributed by atoms with Gasteiger partial charge >= 0.3 is 6.18 Å². The fourth-order valence-corrected chi connectivity index (χ4v) is 2.54. The van der Waals surface area contributed by atoms with E-state index in [4.69, 9.17) is 4.74 Å². The molecule has 5 nitrogen and oxygen atoms in total. The molecular formula is C16H17F3N2O3. The van der Waals surface area contributed by atoms with Crippen molar-refractivity contribution in [2.45, 2.75) is 37.6 Å². The van der Waals surface area contributed by atoms with Gasteiger partial charge in [0.05, 0.1) is 0 Å². The van der Waals surface area contributed by atoms with Crippen molar-refractivity contribution in [3.05, 3.63) is 29.8 Å². The third-order valence-corrected chi connectivity index (χ3v) is 3.93. The minimum atomic E-state index is -4.42. The highest BCUT2D eigenvalue weighted by molar-refractivity contribution is 5.94. The first-order valence-corrected chi connectivity index (χ1v) is 7.75. The lowest BCUT2D eigenvalue weighted by atomic mass is 10.2. The second-order valence-electron chi connectivity index (χ2n) is 6.04. The second kappa shape index (κ2) is 6.33. The first kappa shape index (κ1) is 16.6. The zero-order valence-electron chi connectivity index (χ0n) is 12.8. The van der Waals surface area contributed by atoms with E-state index >= 15 is 0 Å². The van der Waals surface area contributed by atoms with Crippen LogP contribution in [0.2, 0.25) is 0 Å². The van der Waals surface area contributed by atoms with Crippen molar-refractivity contribution < 1.29 is 27.5 Å². The number of benzene rings is 1. The first-order chi connectivity index (χ1) is 11.3. The Morgan fingerprint density at radius 3 is 2.46 bits per heavy atom. The second-order valence-corrected chi connectivity index (χ2v) is 6.04. The SMILES string of the molecule is O=C(NC1CC1)c1ccc(O[C@H]2CCN(CC(F)(F)F)C2=O)cc1. The van der Waals surface area contributed by atoms with Crippen molar-refractivity contribution >= 4 is 11.8 Å². The molecule has 0 bridgehead atoms. The number of alkyl halides is 3. The molecule has 1 atom stereocenters. The molecule has 1 aromatic rings. The van der Waals surface area contributed by atoms with Gasteiger partial charge in [-0.05, 0) is 37.1 Å². The van der Waals surface area contributed by atoms with Gasteiger partial charge in [-0.25, -0.2) is 0 Å². The van der Waals surface area contributed by atoms with Crippen LogP contribution in [0.25, 0.3) is 0 Å². The van der Waals surface area contributed by atoms with Crippen molar-refractivity contribution in [1.29, 1.82) is 0 Å². The van der Waals surface area contributed by atoms with Gasteiger partial charge in [-0.1, -0.05) is 0 Å². The molecule has 0 unspecified atom stereocenters. The van der Waals surface area contributed by atoms with E-state index in [9.17, 15) is 22.8 Å². The van der Waals surface area contributed by atoms with Crippen LogP contribution in [-0.2, 0) is 4.79 Å². The standard InChI is InChI=1S/C16H17F3N2O3/c17-16(18,19)9-21-8-7-13(15(21)23)24-12-5-1-10(2-6-12)14(22)20-11-3-4-11/h1-2,5-6,11,13H,3-4,7-9H2,(H,20,22)/t13-/m0/s1. The minimum Gasteiger partial charge on any atom is -0.481 e. The zero-order valence-corrected chi connectivity index (χ0v) is 12.8. The Morgan fingerprint density at radius 1 is 1.21 bits per heavy atom. The number of nitrogens with zero attached hydrogens (tertiary/aromatic N) is 1. The molecule has 0 spiro atoms. The number of likely N-dealkylation sites (tertiary alicyclic amines) is 1. The van der Waals surface area contributed by atoms with Crippen LogP contribution in [0.15, 0.2) is 24.3 Å². The quantitative estimate of drug-likeness (QED) is 0.892. The van der Waals surface area contributed by atoms with Gasteiger partial charge in [0.2, 0.25) is 0 Å². The van der Waals surface area contributed by atoms with Crippen molar-refractivity contribution in [3.63, 3.8) is 0 Å². The zero-order chi connectivity index (χ0) is 17.3. The highest BCUT2D eigenvalue weighted by Crippen LogP contribution is 2.24. The Bertz CT molecular complexity index is 626. The lowest BCUT2D eigenvalue weighted by Gasteiger charge is -2.18. The summed E-state index contributed by atoms with van der Waals surface area (Å²) in [5.74, 6) is -0.481. The molecule has 0 aromatic heterocycles. The van der Waals surface area contributed by atoms with Gasteiger partial charge in [0.1, 0.15) is 12.3 Å². The molecule has 3 rings (SSSR count). The number of ether oxygens (including phenoxy) is 1. The van der Waals surface area contributed by atoms with Crippen LogP contribution < -0.4 is 10.1 Å². The van der Waals surface area contributed by atoms with E-state index in [1.54, 1.807) is 24.3 Å². The number of carbonyl (C=O) groups excluding carboxylic acids is 2. The fourth-order valence-electron chi connectivity index (χ4n) is 2.54.